The van der Waals surface area contributed by atoms with Crippen LogP contribution in [0.1, 0.15) is 26.7 Å². The zero-order chi connectivity index (χ0) is 14.3. The van der Waals surface area contributed by atoms with Crippen LogP contribution in [-0.2, 0) is 9.36 Å². The van der Waals surface area contributed by atoms with Crippen LogP contribution in [0.25, 0.3) is 0 Å². The Balaban J connectivity index is -0.000000321. The molecule has 0 spiro atoms. The second-order valence-electron chi connectivity index (χ2n) is 2.98. The number of carbonyl (C=O) groups is 2. The summed E-state index contributed by atoms with van der Waals surface area (Å²) in [7, 11) is -4.89. The van der Waals surface area contributed by atoms with Crippen LogP contribution >= 0.6 is 23.8 Å². The maximum absolute atomic E-state index is 11.3. The van der Waals surface area contributed by atoms with Gasteiger partial charge in [-0.25, -0.2) is 4.79 Å². The average Bonchev–Trinajstić information content (AvgIpc) is 2.12. The molecule has 0 saturated carbocycles. The largest absolute Gasteiger partial charge is 1.00 e. The van der Waals surface area contributed by atoms with Gasteiger partial charge in [-0.15, -0.1) is 0 Å². The number of alkyl halides is 1. The molecule has 0 rings (SSSR count). The Morgan fingerprint density at radius 2 is 1.67 bits per heavy atom. The topological polar surface area (TPSA) is 153 Å². The first kappa shape index (κ1) is 23.6. The van der Waals surface area contributed by atoms with Crippen LogP contribution in [0.4, 0.5) is 4.79 Å². The number of phosphoric acid groups is 1. The predicted octanol–water partition coefficient (Wildman–Crippen LogP) is -3.42. The van der Waals surface area contributed by atoms with Crippen molar-refractivity contribution in [1.29, 1.82) is 0 Å². The Bertz CT molecular complexity index is 311. The van der Waals surface area contributed by atoms with Crippen molar-refractivity contribution >= 4 is 35.7 Å². The molecule has 0 aliphatic carbocycles. The molecule has 8 nitrogen and oxygen atoms in total. The average molecular weight is 357 g/mol. The number of amides is 3. The van der Waals surface area contributed by atoms with Crippen LogP contribution in [0.2, 0.25) is 0 Å². The Hall–Kier alpha value is 0.530. The minimum Gasteiger partial charge on any atom is -0.756 e. The molecule has 18 heavy (non-hydrogen) atoms. The summed E-state index contributed by atoms with van der Waals surface area (Å²) < 4.78 is 8.11. The van der Waals surface area contributed by atoms with E-state index in [1.807, 2.05) is 19.2 Å². The van der Waals surface area contributed by atoms with Gasteiger partial charge in [0.1, 0.15) is 4.32 Å². The second kappa shape index (κ2) is 10.3. The molecule has 0 radical (unpaired) electrons. The van der Waals surface area contributed by atoms with Gasteiger partial charge in [0.2, 0.25) is 5.91 Å². The van der Waals surface area contributed by atoms with E-state index in [9.17, 15) is 9.59 Å². The van der Waals surface area contributed by atoms with E-state index in [1.165, 1.54) is 0 Å². The summed E-state index contributed by atoms with van der Waals surface area (Å²) in [5.74, 6) is -0.375. The van der Waals surface area contributed by atoms with Crippen molar-refractivity contribution in [1.82, 2.24) is 5.32 Å². The number of urea groups is 1. The third kappa shape index (κ3) is 14.6. The third-order valence-electron chi connectivity index (χ3n) is 1.76. The molecular weight excluding hydrogens is 342 g/mol. The summed E-state index contributed by atoms with van der Waals surface area (Å²) >= 11 is 3.26. The van der Waals surface area contributed by atoms with Gasteiger partial charge in [0, 0.05) is 0 Å². The minimum atomic E-state index is -4.89. The van der Waals surface area contributed by atoms with Crippen LogP contribution in [0.5, 0.6) is 0 Å². The van der Waals surface area contributed by atoms with Crippen molar-refractivity contribution in [2.45, 2.75) is 31.0 Å². The van der Waals surface area contributed by atoms with Crippen molar-refractivity contribution < 1.29 is 58.4 Å². The van der Waals surface area contributed by atoms with Gasteiger partial charge in [-0.2, -0.15) is 0 Å². The minimum absolute atomic E-state index is 0. The van der Waals surface area contributed by atoms with Gasteiger partial charge in [-0.3, -0.25) is 14.7 Å². The van der Waals surface area contributed by atoms with Gasteiger partial charge in [0.15, 0.2) is 0 Å². The maximum Gasteiger partial charge on any atom is 1.00 e. The molecule has 0 aliphatic heterocycles. The van der Waals surface area contributed by atoms with E-state index in [0.717, 1.165) is 0 Å². The number of rotatable bonds is 3. The van der Waals surface area contributed by atoms with Crippen molar-refractivity contribution in [2.75, 3.05) is 0 Å². The van der Waals surface area contributed by atoms with Crippen molar-refractivity contribution in [3.8, 4) is 0 Å². The van der Waals surface area contributed by atoms with E-state index < -0.39 is 18.2 Å². The number of carbonyl (C=O) groups excluding carboxylic acids is 2. The monoisotopic (exact) mass is 356 g/mol. The molecule has 0 aliphatic rings. The summed E-state index contributed by atoms with van der Waals surface area (Å²) in [6.45, 7) is 3.72. The van der Waals surface area contributed by atoms with E-state index in [-0.39, 0.29) is 35.5 Å². The molecule has 5 N–H and O–H groups in total. The van der Waals surface area contributed by atoms with Crippen LogP contribution < -0.4 is 45.5 Å². The number of imide groups is 1. The first-order valence-electron chi connectivity index (χ1n) is 4.52. The Kier molecular flexibility index (Phi) is 13.6. The maximum atomic E-state index is 11.3. The van der Waals surface area contributed by atoms with Crippen molar-refractivity contribution in [3.05, 3.63) is 0 Å². The molecule has 0 aromatic rings. The number of hydrogen-bond donors (Lipinski definition) is 4. The van der Waals surface area contributed by atoms with Gasteiger partial charge in [-0.1, -0.05) is 29.8 Å². The molecule has 0 heterocycles. The fourth-order valence-electron chi connectivity index (χ4n) is 0.795. The molecule has 0 saturated heterocycles. The number of nitrogens with one attached hydrogen (secondary N) is 1. The quantitative estimate of drug-likeness (QED) is 0.234. The van der Waals surface area contributed by atoms with E-state index in [0.29, 0.717) is 12.8 Å². The smallest absolute Gasteiger partial charge is 0.756 e. The molecule has 0 aromatic carbocycles. The number of nitrogens with two attached hydrogens (primary N) is 1. The normalized spacial score (nSPS) is 10.6. The molecule has 0 atom stereocenters. The summed E-state index contributed by atoms with van der Waals surface area (Å²) in [5, 5.41) is 2.04. The van der Waals surface area contributed by atoms with Gasteiger partial charge >= 0.3 is 35.6 Å². The SMILES string of the molecule is CCC(Br)(CC)C(=O)NC(N)=O.O=P([O-])(O)O.[Na+]. The number of halogens is 1. The summed E-state index contributed by atoms with van der Waals surface area (Å²) in [6.07, 6.45) is 1.23. The van der Waals surface area contributed by atoms with Crippen LogP contribution in [0.3, 0.4) is 0 Å². The van der Waals surface area contributed by atoms with E-state index in [4.69, 9.17) is 25.0 Å². The predicted molar refractivity (Wildman–Crippen MR) is 62.0 cm³/mol. The molecule has 3 amide bonds. The molecule has 11 heteroatoms. The Morgan fingerprint density at radius 1 is 1.39 bits per heavy atom. The molecule has 102 valence electrons. The van der Waals surface area contributed by atoms with E-state index in [2.05, 4.69) is 15.9 Å². The summed E-state index contributed by atoms with van der Waals surface area (Å²) in [5.41, 5.74) is 4.81. The molecule has 0 unspecified atom stereocenters. The first-order valence-corrected chi connectivity index (χ1v) is 6.85. The number of hydrogen-bond acceptors (Lipinski definition) is 4. The van der Waals surface area contributed by atoms with Gasteiger partial charge in [0.25, 0.3) is 7.82 Å². The van der Waals surface area contributed by atoms with Gasteiger partial charge in [0.05, 0.1) is 0 Å². The molecular formula is C7H15BrN2NaO6P. The van der Waals surface area contributed by atoms with Crippen LogP contribution in [-0.4, -0.2) is 26.0 Å². The Labute approximate surface area is 135 Å². The zero-order valence-electron chi connectivity index (χ0n) is 10.3. The number of primary amides is 1. The third-order valence-corrected chi connectivity index (χ3v) is 3.25. The van der Waals surface area contributed by atoms with Gasteiger partial charge < -0.3 is 20.4 Å². The van der Waals surface area contributed by atoms with Crippen LogP contribution in [0.15, 0.2) is 0 Å². The van der Waals surface area contributed by atoms with Crippen molar-refractivity contribution in [3.63, 3.8) is 0 Å². The van der Waals surface area contributed by atoms with E-state index >= 15 is 0 Å². The standard InChI is InChI=1S/C7H13BrN2O2.Na.H3O4P/c1-3-7(8,4-2)5(11)10-6(9)12;;1-5(2,3)4/h3-4H2,1-2H3,(H3,9,10,11,12);;(H3,1,2,3,4)/q;+1;/p-1. The Morgan fingerprint density at radius 3 is 1.83 bits per heavy atom. The first-order chi connectivity index (χ1) is 7.46. The van der Waals surface area contributed by atoms with Crippen LogP contribution in [0, 0.1) is 0 Å². The summed E-state index contributed by atoms with van der Waals surface area (Å²) in [4.78, 5) is 44.6. The fourth-order valence-corrected chi connectivity index (χ4v) is 0.894. The summed E-state index contributed by atoms with van der Waals surface area (Å²) in [6, 6.07) is -0.814. The second-order valence-corrected chi connectivity index (χ2v) is 5.48. The molecule has 0 aromatic heterocycles. The van der Waals surface area contributed by atoms with Gasteiger partial charge in [-0.05, 0) is 12.8 Å². The zero-order valence-corrected chi connectivity index (χ0v) is 14.8. The van der Waals surface area contributed by atoms with E-state index in [1.54, 1.807) is 0 Å². The van der Waals surface area contributed by atoms with Crippen molar-refractivity contribution in [2.24, 2.45) is 5.73 Å². The fraction of sp³-hybridized carbons (Fsp3) is 0.714. The molecule has 0 bridgehead atoms. The molecule has 0 fully saturated rings.